The number of amides is 2. The molecule has 1 N–H and O–H groups in total. The van der Waals surface area contributed by atoms with Gasteiger partial charge in [-0.05, 0) is 68.4 Å². The van der Waals surface area contributed by atoms with E-state index in [4.69, 9.17) is 20.8 Å². The molecule has 0 saturated carbocycles. The van der Waals surface area contributed by atoms with Crippen molar-refractivity contribution in [2.75, 3.05) is 24.9 Å². The van der Waals surface area contributed by atoms with Gasteiger partial charge < -0.3 is 19.4 Å². The first kappa shape index (κ1) is 22.9. The zero-order valence-electron chi connectivity index (χ0n) is 19.0. The minimum atomic E-state index is -0.643. The largest absolute Gasteiger partial charge is 0.497 e. The summed E-state index contributed by atoms with van der Waals surface area (Å²) in [6.07, 6.45) is 0.666. The summed E-state index contributed by atoms with van der Waals surface area (Å²) in [5.74, 6) is 2.49. The van der Waals surface area contributed by atoms with Gasteiger partial charge in [0, 0.05) is 47.8 Å². The Morgan fingerprint density at radius 3 is 2.45 bits per heavy atom. The molecule has 2 aromatic carbocycles. The summed E-state index contributed by atoms with van der Waals surface area (Å²) >= 11 is 5.88. The Morgan fingerprint density at radius 1 is 1.12 bits per heavy atom. The molecule has 0 atom stereocenters. The van der Waals surface area contributed by atoms with E-state index in [1.54, 1.807) is 45.2 Å². The summed E-state index contributed by atoms with van der Waals surface area (Å²) in [5.41, 5.74) is 2.62. The van der Waals surface area contributed by atoms with Crippen LogP contribution in [-0.2, 0) is 17.8 Å². The Balaban J connectivity index is 1.45. The van der Waals surface area contributed by atoms with Gasteiger partial charge >= 0.3 is 0 Å². The second kappa shape index (κ2) is 9.32. The fourth-order valence-electron chi connectivity index (χ4n) is 3.64. The van der Waals surface area contributed by atoms with Gasteiger partial charge in [0.15, 0.2) is 0 Å². The maximum atomic E-state index is 12.9. The Hall–Kier alpha value is -3.25. The van der Waals surface area contributed by atoms with Crippen LogP contribution in [0.4, 0.5) is 5.69 Å². The Kier molecular flexibility index (Phi) is 6.47. The zero-order chi connectivity index (χ0) is 23.6. The molecule has 1 aliphatic heterocycles. The summed E-state index contributed by atoms with van der Waals surface area (Å²) in [4.78, 5) is 27.1. The van der Waals surface area contributed by atoms with Gasteiger partial charge in [0.25, 0.3) is 5.91 Å². The van der Waals surface area contributed by atoms with Crippen LogP contribution in [0, 0.1) is 5.41 Å². The van der Waals surface area contributed by atoms with Crippen LogP contribution in [0.15, 0.2) is 59.0 Å². The number of ether oxygens (including phenoxy) is 1. The molecule has 1 aromatic heterocycles. The number of methoxy groups -OCH3 is 1. The van der Waals surface area contributed by atoms with E-state index in [1.807, 2.05) is 35.2 Å². The van der Waals surface area contributed by atoms with Gasteiger partial charge in [-0.2, -0.15) is 0 Å². The van der Waals surface area contributed by atoms with Crippen molar-refractivity contribution in [1.29, 1.82) is 0 Å². The van der Waals surface area contributed by atoms with Crippen molar-refractivity contribution < 1.29 is 18.7 Å². The van der Waals surface area contributed by atoms with Gasteiger partial charge in [0.05, 0.1) is 12.5 Å². The molecule has 2 amide bonds. The molecule has 0 spiro atoms. The standard InChI is InChI=1S/C26H27ClN2O4/c1-26(2,16-27)25(31)28-20-8-4-17(5-9-20)23-14-19-15-29(13-12-22(19)33-23)24(30)18-6-10-21(32-3)11-7-18/h4-11,14H,12-13,15-16H2,1-3H3,(H,28,31). The number of alkyl halides is 1. The van der Waals surface area contributed by atoms with Crippen LogP contribution < -0.4 is 10.1 Å². The number of furan rings is 1. The van der Waals surface area contributed by atoms with E-state index < -0.39 is 5.41 Å². The molecule has 0 fully saturated rings. The van der Waals surface area contributed by atoms with Crippen molar-refractivity contribution in [2.45, 2.75) is 26.8 Å². The first-order valence-electron chi connectivity index (χ1n) is 10.8. The third-order valence-corrected chi connectivity index (χ3v) is 6.54. The molecule has 6 nitrogen and oxygen atoms in total. The molecule has 0 aliphatic carbocycles. The predicted molar refractivity (Wildman–Crippen MR) is 129 cm³/mol. The molecule has 0 saturated heterocycles. The summed E-state index contributed by atoms with van der Waals surface area (Å²) in [7, 11) is 1.60. The number of anilines is 1. The second-order valence-corrected chi connectivity index (χ2v) is 9.08. The number of carbonyl (C=O) groups excluding carboxylic acids is 2. The Morgan fingerprint density at radius 2 is 1.82 bits per heavy atom. The molecule has 4 rings (SSSR count). The zero-order valence-corrected chi connectivity index (χ0v) is 19.7. The van der Waals surface area contributed by atoms with Gasteiger partial charge in [0.2, 0.25) is 5.91 Å². The molecule has 0 unspecified atom stereocenters. The number of nitrogens with zero attached hydrogens (tertiary/aromatic N) is 1. The minimum absolute atomic E-state index is 0.00832. The number of benzene rings is 2. The quantitative estimate of drug-likeness (QED) is 0.496. The third kappa shape index (κ3) is 4.91. The van der Waals surface area contributed by atoms with Crippen molar-refractivity contribution in [1.82, 2.24) is 4.90 Å². The summed E-state index contributed by atoms with van der Waals surface area (Å²) in [6.45, 7) is 4.72. The molecular weight excluding hydrogens is 440 g/mol. The fourth-order valence-corrected chi connectivity index (χ4v) is 3.77. The predicted octanol–water partition coefficient (Wildman–Crippen LogP) is 5.36. The van der Waals surface area contributed by atoms with E-state index in [1.165, 1.54) is 0 Å². The van der Waals surface area contributed by atoms with E-state index in [0.29, 0.717) is 30.8 Å². The van der Waals surface area contributed by atoms with E-state index in [9.17, 15) is 9.59 Å². The molecule has 0 bridgehead atoms. The smallest absolute Gasteiger partial charge is 0.254 e. The summed E-state index contributed by atoms with van der Waals surface area (Å²) < 4.78 is 11.3. The topological polar surface area (TPSA) is 71.8 Å². The number of nitrogens with one attached hydrogen (secondary N) is 1. The van der Waals surface area contributed by atoms with Crippen LogP contribution in [0.5, 0.6) is 5.75 Å². The lowest BCUT2D eigenvalue weighted by Gasteiger charge is -2.26. The average Bonchev–Trinajstić information content (AvgIpc) is 3.27. The lowest BCUT2D eigenvalue weighted by atomic mass is 9.95. The van der Waals surface area contributed by atoms with Crippen molar-refractivity contribution in [3.05, 3.63) is 71.5 Å². The first-order chi connectivity index (χ1) is 15.8. The van der Waals surface area contributed by atoms with Crippen LogP contribution >= 0.6 is 11.6 Å². The maximum absolute atomic E-state index is 12.9. The number of halogens is 1. The van der Waals surface area contributed by atoms with E-state index in [0.717, 1.165) is 28.4 Å². The van der Waals surface area contributed by atoms with Gasteiger partial charge in [-0.25, -0.2) is 0 Å². The number of carbonyl (C=O) groups is 2. The monoisotopic (exact) mass is 466 g/mol. The van der Waals surface area contributed by atoms with Crippen LogP contribution in [-0.4, -0.2) is 36.2 Å². The van der Waals surface area contributed by atoms with Crippen LogP contribution in [0.1, 0.15) is 35.5 Å². The molecule has 0 radical (unpaired) electrons. The average molecular weight is 467 g/mol. The molecule has 1 aliphatic rings. The normalized spacial score (nSPS) is 13.4. The highest BCUT2D eigenvalue weighted by Gasteiger charge is 2.27. The summed E-state index contributed by atoms with van der Waals surface area (Å²) in [6, 6.07) is 16.7. The van der Waals surface area contributed by atoms with Crippen molar-refractivity contribution >= 4 is 29.1 Å². The van der Waals surface area contributed by atoms with Crippen LogP contribution in [0.25, 0.3) is 11.3 Å². The van der Waals surface area contributed by atoms with E-state index >= 15 is 0 Å². The Labute approximate surface area is 198 Å². The van der Waals surface area contributed by atoms with E-state index in [-0.39, 0.29) is 17.7 Å². The second-order valence-electron chi connectivity index (χ2n) is 8.81. The van der Waals surface area contributed by atoms with Gasteiger partial charge in [-0.3, -0.25) is 9.59 Å². The molecule has 7 heteroatoms. The summed E-state index contributed by atoms with van der Waals surface area (Å²) in [5, 5.41) is 2.90. The van der Waals surface area contributed by atoms with Gasteiger partial charge in [-0.1, -0.05) is 0 Å². The van der Waals surface area contributed by atoms with E-state index in [2.05, 4.69) is 5.32 Å². The highest BCUT2D eigenvalue weighted by Crippen LogP contribution is 2.31. The molecule has 2 heterocycles. The highest BCUT2D eigenvalue weighted by atomic mass is 35.5. The fraction of sp³-hybridized carbons (Fsp3) is 0.308. The van der Waals surface area contributed by atoms with Gasteiger partial charge in [0.1, 0.15) is 17.3 Å². The minimum Gasteiger partial charge on any atom is -0.497 e. The number of hydrogen-bond donors (Lipinski definition) is 1. The van der Waals surface area contributed by atoms with Gasteiger partial charge in [-0.15, -0.1) is 11.6 Å². The first-order valence-corrected chi connectivity index (χ1v) is 11.4. The number of hydrogen-bond acceptors (Lipinski definition) is 4. The molecule has 33 heavy (non-hydrogen) atoms. The Bertz CT molecular complexity index is 1150. The molecule has 3 aromatic rings. The van der Waals surface area contributed by atoms with Crippen LogP contribution in [0.2, 0.25) is 0 Å². The van der Waals surface area contributed by atoms with Crippen molar-refractivity contribution in [2.24, 2.45) is 5.41 Å². The molecular formula is C26H27ClN2O4. The van der Waals surface area contributed by atoms with Crippen molar-refractivity contribution in [3.8, 4) is 17.1 Å². The molecule has 172 valence electrons. The lowest BCUT2D eigenvalue weighted by Crippen LogP contribution is -2.35. The lowest BCUT2D eigenvalue weighted by molar-refractivity contribution is -0.122. The maximum Gasteiger partial charge on any atom is 0.254 e. The number of fused-ring (bicyclic) bond motifs is 1. The van der Waals surface area contributed by atoms with Crippen molar-refractivity contribution in [3.63, 3.8) is 0 Å². The number of rotatable bonds is 6. The third-order valence-electron chi connectivity index (χ3n) is 5.87. The highest BCUT2D eigenvalue weighted by molar-refractivity contribution is 6.20. The van der Waals surface area contributed by atoms with Crippen LogP contribution in [0.3, 0.4) is 0 Å². The SMILES string of the molecule is COc1ccc(C(=O)N2CCc3oc(-c4ccc(NC(=O)C(C)(C)CCl)cc4)cc3C2)cc1.